The van der Waals surface area contributed by atoms with Gasteiger partial charge >= 0.3 is 0 Å². The molecule has 0 spiro atoms. The largest absolute Gasteiger partial charge is 0.294 e. The molecule has 0 amide bonds. The van der Waals surface area contributed by atoms with Crippen LogP contribution >= 0.6 is 0 Å². The molecule has 0 bridgehead atoms. The molecule has 4 aromatic rings. The molecule has 0 radical (unpaired) electrons. The van der Waals surface area contributed by atoms with Gasteiger partial charge in [0.15, 0.2) is 5.78 Å². The van der Waals surface area contributed by atoms with Gasteiger partial charge in [0.2, 0.25) is 0 Å². The highest BCUT2D eigenvalue weighted by atomic mass is 16.1. The summed E-state index contributed by atoms with van der Waals surface area (Å²) in [5, 5.41) is 0. The molecule has 0 atom stereocenters. The van der Waals surface area contributed by atoms with Gasteiger partial charge in [-0.15, -0.1) is 0 Å². The maximum absolute atomic E-state index is 12.5. The lowest BCUT2D eigenvalue weighted by Gasteiger charge is -2.19. The molecule has 0 N–H and O–H groups in total. The van der Waals surface area contributed by atoms with Crippen LogP contribution in [0.25, 0.3) is 33.4 Å². The van der Waals surface area contributed by atoms with Gasteiger partial charge in [-0.25, -0.2) is 0 Å². The number of ketones is 1. The third-order valence-electron chi connectivity index (χ3n) is 4.79. The minimum atomic E-state index is 0.0747. The van der Waals surface area contributed by atoms with E-state index in [1.165, 1.54) is 0 Å². The number of hydrogen-bond acceptors (Lipinski definition) is 1. The van der Waals surface area contributed by atoms with E-state index >= 15 is 0 Å². The fraction of sp³-hybridized carbons (Fsp3) is 0.0385. The van der Waals surface area contributed by atoms with Gasteiger partial charge in [-0.05, 0) is 34.7 Å². The average Bonchev–Trinajstić information content (AvgIpc) is 2.74. The van der Waals surface area contributed by atoms with Crippen molar-refractivity contribution in [2.45, 2.75) is 6.92 Å². The normalized spacial score (nSPS) is 10.6. The van der Waals surface area contributed by atoms with Crippen molar-refractivity contribution < 1.29 is 4.79 Å². The van der Waals surface area contributed by atoms with Crippen LogP contribution in [0.4, 0.5) is 0 Å². The molecule has 0 saturated carbocycles. The molecule has 0 aromatic heterocycles. The molecule has 1 nitrogen and oxygen atoms in total. The fourth-order valence-electron chi connectivity index (χ4n) is 3.56. The summed E-state index contributed by atoms with van der Waals surface area (Å²) >= 11 is 0. The summed E-state index contributed by atoms with van der Waals surface area (Å²) < 4.78 is 0. The maximum atomic E-state index is 12.5. The van der Waals surface area contributed by atoms with E-state index in [0.717, 1.165) is 38.9 Å². The van der Waals surface area contributed by atoms with Crippen molar-refractivity contribution in [3.63, 3.8) is 0 Å². The first-order valence-electron chi connectivity index (χ1n) is 9.10. The van der Waals surface area contributed by atoms with Crippen LogP contribution in [0.2, 0.25) is 0 Å². The molecule has 27 heavy (non-hydrogen) atoms. The molecular weight excluding hydrogens is 328 g/mol. The van der Waals surface area contributed by atoms with E-state index in [0.29, 0.717) is 0 Å². The third kappa shape index (κ3) is 3.32. The predicted molar refractivity (Wildman–Crippen MR) is 113 cm³/mol. The van der Waals surface area contributed by atoms with Crippen LogP contribution in [-0.2, 0) is 0 Å². The number of carbonyl (C=O) groups is 1. The Morgan fingerprint density at radius 2 is 0.963 bits per heavy atom. The molecule has 0 unspecified atom stereocenters. The van der Waals surface area contributed by atoms with Gasteiger partial charge in [0.1, 0.15) is 0 Å². The van der Waals surface area contributed by atoms with E-state index in [4.69, 9.17) is 0 Å². The molecule has 0 saturated heterocycles. The summed E-state index contributed by atoms with van der Waals surface area (Å²) in [6.45, 7) is 1.64. The van der Waals surface area contributed by atoms with Crippen molar-refractivity contribution in [3.05, 3.63) is 109 Å². The molecule has 0 aliphatic heterocycles. The first kappa shape index (κ1) is 17.0. The minimum absolute atomic E-state index is 0.0747. The Labute approximate surface area is 159 Å². The second-order valence-electron chi connectivity index (χ2n) is 6.56. The molecule has 0 heterocycles. The van der Waals surface area contributed by atoms with Crippen molar-refractivity contribution in [2.24, 2.45) is 0 Å². The number of benzene rings is 4. The van der Waals surface area contributed by atoms with Crippen molar-refractivity contribution in [1.82, 2.24) is 0 Å². The van der Waals surface area contributed by atoms with Crippen LogP contribution in [0.3, 0.4) is 0 Å². The Hall–Kier alpha value is -3.45. The Morgan fingerprint density at radius 3 is 1.44 bits per heavy atom. The van der Waals surface area contributed by atoms with Gasteiger partial charge in [0.05, 0.1) is 0 Å². The van der Waals surface area contributed by atoms with E-state index in [1.54, 1.807) is 6.92 Å². The summed E-state index contributed by atoms with van der Waals surface area (Å²) in [7, 11) is 0. The Bertz CT molecular complexity index is 1070. The van der Waals surface area contributed by atoms with E-state index in [1.807, 2.05) is 60.7 Å². The molecule has 0 fully saturated rings. The minimum Gasteiger partial charge on any atom is -0.294 e. The van der Waals surface area contributed by atoms with E-state index < -0.39 is 0 Å². The van der Waals surface area contributed by atoms with E-state index in [2.05, 4.69) is 42.5 Å². The number of hydrogen-bond donors (Lipinski definition) is 0. The topological polar surface area (TPSA) is 17.1 Å². The summed E-state index contributed by atoms with van der Waals surface area (Å²) in [4.78, 5) is 12.5. The highest BCUT2D eigenvalue weighted by Crippen LogP contribution is 2.42. The lowest BCUT2D eigenvalue weighted by atomic mass is 9.84. The predicted octanol–water partition coefficient (Wildman–Crippen LogP) is 6.89. The third-order valence-corrected chi connectivity index (χ3v) is 4.79. The highest BCUT2D eigenvalue weighted by molar-refractivity contribution is 6.08. The Morgan fingerprint density at radius 1 is 0.519 bits per heavy atom. The van der Waals surface area contributed by atoms with Gasteiger partial charge < -0.3 is 0 Å². The zero-order chi connectivity index (χ0) is 18.6. The second kappa shape index (κ2) is 7.43. The molecular formula is C26H20O. The monoisotopic (exact) mass is 348 g/mol. The quantitative estimate of drug-likeness (QED) is 0.367. The average molecular weight is 348 g/mol. The van der Waals surface area contributed by atoms with Crippen LogP contribution in [0.15, 0.2) is 103 Å². The van der Waals surface area contributed by atoms with E-state index in [9.17, 15) is 4.79 Å². The smallest absolute Gasteiger partial charge is 0.160 e. The molecule has 4 aromatic carbocycles. The van der Waals surface area contributed by atoms with Crippen LogP contribution in [0, 0.1) is 0 Å². The zero-order valence-electron chi connectivity index (χ0n) is 15.2. The molecule has 0 aliphatic carbocycles. The van der Waals surface area contributed by atoms with Crippen LogP contribution in [-0.4, -0.2) is 5.78 Å². The lowest BCUT2D eigenvalue weighted by molar-refractivity contribution is 0.101. The van der Waals surface area contributed by atoms with Crippen molar-refractivity contribution >= 4 is 5.78 Å². The van der Waals surface area contributed by atoms with E-state index in [-0.39, 0.29) is 5.78 Å². The first-order chi connectivity index (χ1) is 13.3. The first-order valence-corrected chi connectivity index (χ1v) is 9.10. The van der Waals surface area contributed by atoms with Crippen LogP contribution in [0.1, 0.15) is 17.3 Å². The molecule has 130 valence electrons. The second-order valence-corrected chi connectivity index (χ2v) is 6.56. The summed E-state index contributed by atoms with van der Waals surface area (Å²) in [5.41, 5.74) is 7.28. The maximum Gasteiger partial charge on any atom is 0.160 e. The number of carbonyl (C=O) groups excluding carboxylic acids is 1. The SMILES string of the molecule is CC(=O)c1ccc(-c2ccccc2)c(-c2ccccc2)c1-c1ccccc1. The fourth-order valence-corrected chi connectivity index (χ4v) is 3.56. The van der Waals surface area contributed by atoms with Gasteiger partial charge in [-0.2, -0.15) is 0 Å². The molecule has 4 rings (SSSR count). The van der Waals surface area contributed by atoms with Crippen molar-refractivity contribution in [3.8, 4) is 33.4 Å². The highest BCUT2D eigenvalue weighted by Gasteiger charge is 2.19. The Balaban J connectivity index is 2.13. The number of Topliss-reactive ketones (excluding diaryl/α,β-unsaturated/α-hetero) is 1. The van der Waals surface area contributed by atoms with Gasteiger partial charge in [-0.3, -0.25) is 4.79 Å². The van der Waals surface area contributed by atoms with Crippen LogP contribution < -0.4 is 0 Å². The van der Waals surface area contributed by atoms with Gasteiger partial charge in [-0.1, -0.05) is 103 Å². The number of rotatable bonds is 4. The summed E-state index contributed by atoms with van der Waals surface area (Å²) in [6.07, 6.45) is 0. The summed E-state index contributed by atoms with van der Waals surface area (Å²) in [6, 6.07) is 34.9. The zero-order valence-corrected chi connectivity index (χ0v) is 15.2. The standard InChI is InChI=1S/C26H20O/c1-19(27)23-17-18-24(20-11-5-2-6-12-20)26(22-15-9-4-10-16-22)25(23)21-13-7-3-8-14-21/h2-18H,1H3. The van der Waals surface area contributed by atoms with Crippen molar-refractivity contribution in [1.29, 1.82) is 0 Å². The lowest BCUT2D eigenvalue weighted by Crippen LogP contribution is -2.00. The summed E-state index contributed by atoms with van der Waals surface area (Å²) in [5.74, 6) is 0.0747. The van der Waals surface area contributed by atoms with Gasteiger partial charge in [0.25, 0.3) is 0 Å². The molecule has 0 aliphatic rings. The van der Waals surface area contributed by atoms with Crippen LogP contribution in [0.5, 0.6) is 0 Å². The van der Waals surface area contributed by atoms with Gasteiger partial charge in [0, 0.05) is 11.1 Å². The van der Waals surface area contributed by atoms with Crippen molar-refractivity contribution in [2.75, 3.05) is 0 Å². The molecule has 1 heteroatoms. The Kier molecular flexibility index (Phi) is 4.67.